The molecule has 0 aromatic rings. The minimum absolute atomic E-state index is 1.18. The lowest BCUT2D eigenvalue weighted by Gasteiger charge is -1.59. The molecule has 44 valence electrons. The van der Waals surface area contributed by atoms with E-state index < -0.39 is 7.54 Å². The van der Waals surface area contributed by atoms with Gasteiger partial charge < -0.3 is 0 Å². The summed E-state index contributed by atoms with van der Waals surface area (Å²) in [5.74, 6) is 0. The Labute approximate surface area is 39.0 Å². The third-order valence-electron chi connectivity index (χ3n) is 0. The van der Waals surface area contributed by atoms with E-state index in [4.69, 9.17) is 5.26 Å². The predicted octanol–water partition coefficient (Wildman–Crippen LogP) is 0.986. The van der Waals surface area contributed by atoms with E-state index in [0.717, 1.165) is 0 Å². The number of rotatable bonds is 0. The van der Waals surface area contributed by atoms with Crippen molar-refractivity contribution in [2.24, 2.45) is 0 Å². The lowest BCUT2D eigenvalue weighted by Crippen LogP contribution is -1.76. The second-order valence-corrected chi connectivity index (χ2v) is 0.430. The monoisotopic (exact) mass is 116 g/mol. The van der Waals surface area contributed by atoms with E-state index in [0.29, 0.717) is 0 Å². The van der Waals surface area contributed by atoms with E-state index in [1.54, 1.807) is 0 Å². The SMILES string of the molecule is COO.FB(F)F. The molecule has 2 nitrogen and oxygen atoms in total. The summed E-state index contributed by atoms with van der Waals surface area (Å²) < 4.78 is 29.0. The van der Waals surface area contributed by atoms with Crippen molar-refractivity contribution in [2.45, 2.75) is 0 Å². The molecule has 0 saturated carbocycles. The minimum atomic E-state index is -3.67. The lowest BCUT2D eigenvalue weighted by atomic mass is 10.5. The molecule has 0 aromatic carbocycles. The summed E-state index contributed by atoms with van der Waals surface area (Å²) in [5, 5.41) is 7.07. The lowest BCUT2D eigenvalue weighted by molar-refractivity contribution is -0.214. The van der Waals surface area contributed by atoms with Crippen molar-refractivity contribution < 1.29 is 23.1 Å². The first-order valence-electron chi connectivity index (χ1n) is 1.25. The molecule has 7 heavy (non-hydrogen) atoms. The van der Waals surface area contributed by atoms with Gasteiger partial charge in [-0.25, -0.2) is 4.89 Å². The van der Waals surface area contributed by atoms with Gasteiger partial charge >= 0.3 is 7.54 Å². The van der Waals surface area contributed by atoms with Crippen LogP contribution in [0.3, 0.4) is 0 Å². The molecule has 0 atom stereocenters. The Kier molecular flexibility index (Phi) is 13.1. The molecule has 0 rings (SSSR count). The molecule has 0 bridgehead atoms. The smallest absolute Gasteiger partial charge is 0.254 e. The van der Waals surface area contributed by atoms with Crippen molar-refractivity contribution in [1.82, 2.24) is 0 Å². The molecule has 0 aromatic heterocycles. The zero-order valence-electron chi connectivity index (χ0n) is 3.57. The summed E-state index contributed by atoms with van der Waals surface area (Å²) >= 11 is 0. The second kappa shape index (κ2) is 9.24. The van der Waals surface area contributed by atoms with Gasteiger partial charge in [0.2, 0.25) is 0 Å². The average Bonchev–Trinajstić information content (AvgIpc) is 1.33. The van der Waals surface area contributed by atoms with Crippen LogP contribution in [-0.4, -0.2) is 19.9 Å². The third kappa shape index (κ3) is 1620. The van der Waals surface area contributed by atoms with E-state index >= 15 is 0 Å². The van der Waals surface area contributed by atoms with E-state index in [1.807, 2.05) is 0 Å². The van der Waals surface area contributed by atoms with E-state index in [2.05, 4.69) is 4.89 Å². The Morgan fingerprint density at radius 2 is 1.43 bits per heavy atom. The van der Waals surface area contributed by atoms with Crippen LogP contribution in [0.2, 0.25) is 0 Å². The molecule has 0 heterocycles. The normalized spacial score (nSPS) is 6.43. The van der Waals surface area contributed by atoms with Gasteiger partial charge in [0.15, 0.2) is 0 Å². The standard InChI is InChI=1S/CH4O2.BF3/c1-3-2;2-1(3)4/h2H,1H3;. The first-order chi connectivity index (χ1) is 3.15. The molecule has 0 aliphatic rings. The zero-order valence-corrected chi connectivity index (χ0v) is 3.57. The highest BCUT2D eigenvalue weighted by Gasteiger charge is 2.06. The van der Waals surface area contributed by atoms with Crippen molar-refractivity contribution in [3.05, 3.63) is 0 Å². The van der Waals surface area contributed by atoms with Gasteiger partial charge in [-0.1, -0.05) is 0 Å². The third-order valence-corrected chi connectivity index (χ3v) is 0. The van der Waals surface area contributed by atoms with Crippen LogP contribution in [0.25, 0.3) is 0 Å². The largest absolute Gasteiger partial charge is 0.762 e. The Morgan fingerprint density at radius 3 is 1.43 bits per heavy atom. The van der Waals surface area contributed by atoms with Crippen LogP contribution < -0.4 is 0 Å². The summed E-state index contributed by atoms with van der Waals surface area (Å²) in [6.45, 7) is 0. The highest BCUT2D eigenvalue weighted by Crippen LogP contribution is 1.80. The Hall–Kier alpha value is -0.225. The number of halogens is 3. The van der Waals surface area contributed by atoms with Crippen molar-refractivity contribution in [3.8, 4) is 0 Å². The Balaban J connectivity index is 0. The average molecular weight is 116 g/mol. The molecule has 0 aliphatic heterocycles. The van der Waals surface area contributed by atoms with Gasteiger partial charge in [-0.3, -0.25) is 18.2 Å². The Bertz CT molecular complexity index is 24.1. The van der Waals surface area contributed by atoms with Crippen molar-refractivity contribution in [2.75, 3.05) is 7.11 Å². The van der Waals surface area contributed by atoms with Gasteiger partial charge in [-0.05, 0) is 0 Å². The molecule has 1 N–H and O–H groups in total. The maximum Gasteiger partial charge on any atom is 0.762 e. The van der Waals surface area contributed by atoms with Crippen LogP contribution in [0.4, 0.5) is 12.9 Å². The molecule has 0 radical (unpaired) electrons. The number of hydrogen-bond acceptors (Lipinski definition) is 2. The van der Waals surface area contributed by atoms with Crippen molar-refractivity contribution in [3.63, 3.8) is 0 Å². The molecule has 0 fully saturated rings. The zero-order chi connectivity index (χ0) is 6.28. The molecular formula is CH4BF3O2. The summed E-state index contributed by atoms with van der Waals surface area (Å²) in [5.41, 5.74) is 0. The second-order valence-electron chi connectivity index (χ2n) is 0.430. The topological polar surface area (TPSA) is 29.5 Å². The first-order valence-corrected chi connectivity index (χ1v) is 1.25. The van der Waals surface area contributed by atoms with Gasteiger partial charge in [0.05, 0.1) is 7.11 Å². The van der Waals surface area contributed by atoms with E-state index in [-0.39, 0.29) is 0 Å². The first kappa shape index (κ1) is 9.91. The van der Waals surface area contributed by atoms with Gasteiger partial charge in [0.25, 0.3) is 0 Å². The molecular weight excluding hydrogens is 112 g/mol. The van der Waals surface area contributed by atoms with Crippen LogP contribution in [0, 0.1) is 0 Å². The highest BCUT2D eigenvalue weighted by atomic mass is 19.4. The number of hydrogen-bond donors (Lipinski definition) is 1. The molecule has 0 unspecified atom stereocenters. The predicted molar refractivity (Wildman–Crippen MR) is 18.7 cm³/mol. The van der Waals surface area contributed by atoms with Gasteiger partial charge in [0, 0.05) is 0 Å². The minimum Gasteiger partial charge on any atom is -0.254 e. The molecule has 0 aliphatic carbocycles. The molecule has 6 heteroatoms. The van der Waals surface area contributed by atoms with E-state index in [1.165, 1.54) is 7.11 Å². The summed E-state index contributed by atoms with van der Waals surface area (Å²) in [6.07, 6.45) is 0. The Morgan fingerprint density at radius 1 is 1.43 bits per heavy atom. The fourth-order valence-corrected chi connectivity index (χ4v) is 0. The van der Waals surface area contributed by atoms with Crippen molar-refractivity contribution in [1.29, 1.82) is 0 Å². The fraction of sp³-hybridized carbons (Fsp3) is 1.00. The quantitative estimate of drug-likeness (QED) is 0.290. The fourth-order valence-electron chi connectivity index (χ4n) is 0. The van der Waals surface area contributed by atoms with Crippen LogP contribution >= 0.6 is 0 Å². The van der Waals surface area contributed by atoms with Crippen LogP contribution in [0.15, 0.2) is 0 Å². The van der Waals surface area contributed by atoms with Gasteiger partial charge in [-0.2, -0.15) is 0 Å². The van der Waals surface area contributed by atoms with Gasteiger partial charge in [-0.15, -0.1) is 0 Å². The molecule has 0 amide bonds. The van der Waals surface area contributed by atoms with Crippen LogP contribution in [-0.2, 0) is 4.89 Å². The summed E-state index contributed by atoms with van der Waals surface area (Å²) in [7, 11) is -2.49. The van der Waals surface area contributed by atoms with E-state index in [9.17, 15) is 12.9 Å². The molecule has 0 saturated heterocycles. The summed E-state index contributed by atoms with van der Waals surface area (Å²) in [6, 6.07) is 0. The van der Waals surface area contributed by atoms with Crippen molar-refractivity contribution >= 4 is 7.54 Å². The van der Waals surface area contributed by atoms with Crippen LogP contribution in [0.5, 0.6) is 0 Å². The maximum absolute atomic E-state index is 9.67. The highest BCUT2D eigenvalue weighted by molar-refractivity contribution is 6.33. The summed E-state index contributed by atoms with van der Waals surface area (Å²) in [4.78, 5) is 3.25. The van der Waals surface area contributed by atoms with Gasteiger partial charge in [0.1, 0.15) is 0 Å². The maximum atomic E-state index is 9.67. The molecule has 0 spiro atoms. The van der Waals surface area contributed by atoms with Crippen LogP contribution in [0.1, 0.15) is 0 Å².